The molecule has 1 aromatic heterocycles. The van der Waals surface area contributed by atoms with Gasteiger partial charge in [-0.15, -0.1) is 0 Å². The number of nitrogens with zero attached hydrogens (tertiary/aromatic N) is 3. The molecule has 0 atom stereocenters. The van der Waals surface area contributed by atoms with Crippen LogP contribution in [0.4, 0.5) is 0 Å². The van der Waals surface area contributed by atoms with Gasteiger partial charge in [0.15, 0.2) is 11.7 Å². The molecule has 1 saturated carbocycles. The Bertz CT molecular complexity index is 558. The number of rotatable bonds is 3. The van der Waals surface area contributed by atoms with Crippen molar-refractivity contribution in [3.05, 3.63) is 24.2 Å². The molecule has 0 unspecified atom stereocenters. The van der Waals surface area contributed by atoms with Crippen LogP contribution in [0.15, 0.2) is 27.8 Å². The number of carbonyl (C=O) groups is 1. The first-order valence-corrected chi connectivity index (χ1v) is 8.12. The molecule has 0 radical (unpaired) electrons. The van der Waals surface area contributed by atoms with Gasteiger partial charge in [-0.05, 0) is 31.4 Å². The quantitative estimate of drug-likeness (QED) is 0.627. The van der Waals surface area contributed by atoms with Crippen LogP contribution in [-0.4, -0.2) is 72.1 Å². The molecule has 2 heterocycles. The maximum atomic E-state index is 12.2. The largest absolute Gasteiger partial charge is 0.459 e. The third-order valence-electron chi connectivity index (χ3n) is 4.67. The summed E-state index contributed by atoms with van der Waals surface area (Å²) in [5, 5.41) is 13.4. The maximum absolute atomic E-state index is 12.2. The number of aliphatic imine (C=N–C) groups is 1. The Morgan fingerprint density at radius 1 is 1.35 bits per heavy atom. The lowest BCUT2D eigenvalue weighted by molar-refractivity contribution is -0.0283. The van der Waals surface area contributed by atoms with Crippen molar-refractivity contribution >= 4 is 11.9 Å². The zero-order valence-corrected chi connectivity index (χ0v) is 13.5. The van der Waals surface area contributed by atoms with Crippen molar-refractivity contribution in [1.29, 1.82) is 0 Å². The Hall–Kier alpha value is -2.02. The summed E-state index contributed by atoms with van der Waals surface area (Å²) in [6.07, 6.45) is 4.30. The number of carbonyl (C=O) groups excluding carboxylic acids is 1. The summed E-state index contributed by atoms with van der Waals surface area (Å²) in [6.45, 7) is 3.22. The predicted molar refractivity (Wildman–Crippen MR) is 86.3 cm³/mol. The van der Waals surface area contributed by atoms with Crippen LogP contribution in [0.25, 0.3) is 0 Å². The van der Waals surface area contributed by atoms with Gasteiger partial charge in [0.1, 0.15) is 0 Å². The summed E-state index contributed by atoms with van der Waals surface area (Å²) in [5.74, 6) is 1.10. The smallest absolute Gasteiger partial charge is 0.289 e. The van der Waals surface area contributed by atoms with Crippen molar-refractivity contribution in [2.45, 2.75) is 24.9 Å². The van der Waals surface area contributed by atoms with Gasteiger partial charge in [0.2, 0.25) is 0 Å². The van der Waals surface area contributed by atoms with Gasteiger partial charge in [-0.25, -0.2) is 0 Å². The number of amides is 1. The number of hydrogen-bond donors (Lipinski definition) is 2. The lowest BCUT2D eigenvalue weighted by Crippen LogP contribution is -2.56. The van der Waals surface area contributed by atoms with Crippen molar-refractivity contribution in [2.75, 3.05) is 39.8 Å². The second kappa shape index (κ2) is 6.62. The van der Waals surface area contributed by atoms with Gasteiger partial charge in [-0.3, -0.25) is 9.79 Å². The number of furan rings is 1. The average molecular weight is 320 g/mol. The Morgan fingerprint density at radius 3 is 2.57 bits per heavy atom. The third-order valence-corrected chi connectivity index (χ3v) is 4.67. The van der Waals surface area contributed by atoms with Crippen LogP contribution in [0.1, 0.15) is 29.8 Å². The first-order chi connectivity index (χ1) is 11.1. The van der Waals surface area contributed by atoms with Crippen molar-refractivity contribution < 1.29 is 14.3 Å². The fraction of sp³-hybridized carbons (Fsp3) is 0.625. The molecule has 1 aliphatic carbocycles. The van der Waals surface area contributed by atoms with E-state index in [1.807, 2.05) is 0 Å². The molecule has 1 aromatic rings. The summed E-state index contributed by atoms with van der Waals surface area (Å²) < 4.78 is 5.17. The lowest BCUT2D eigenvalue weighted by atomic mass is 9.80. The summed E-state index contributed by atoms with van der Waals surface area (Å²) in [6, 6.07) is 3.41. The van der Waals surface area contributed by atoms with Crippen LogP contribution in [0.2, 0.25) is 0 Å². The monoisotopic (exact) mass is 320 g/mol. The molecule has 7 nitrogen and oxygen atoms in total. The van der Waals surface area contributed by atoms with Crippen LogP contribution in [0.3, 0.4) is 0 Å². The zero-order valence-electron chi connectivity index (χ0n) is 13.5. The first-order valence-electron chi connectivity index (χ1n) is 8.12. The second-order valence-electron chi connectivity index (χ2n) is 6.24. The molecule has 3 rings (SSSR count). The third kappa shape index (κ3) is 3.50. The highest BCUT2D eigenvalue weighted by Crippen LogP contribution is 2.30. The predicted octanol–water partition coefficient (Wildman–Crippen LogP) is 0.528. The summed E-state index contributed by atoms with van der Waals surface area (Å²) >= 11 is 0. The molecular formula is C16H24N4O3. The molecule has 0 aromatic carbocycles. The fourth-order valence-corrected chi connectivity index (χ4v) is 3.01. The van der Waals surface area contributed by atoms with E-state index in [0.29, 0.717) is 38.5 Å². The number of guanidine groups is 1. The van der Waals surface area contributed by atoms with Crippen LogP contribution in [0.5, 0.6) is 0 Å². The van der Waals surface area contributed by atoms with Gasteiger partial charge in [0.05, 0.1) is 11.9 Å². The van der Waals surface area contributed by atoms with Gasteiger partial charge in [0, 0.05) is 39.8 Å². The Labute approximate surface area is 136 Å². The molecule has 0 spiro atoms. The van der Waals surface area contributed by atoms with E-state index in [0.717, 1.165) is 25.2 Å². The lowest BCUT2D eigenvalue weighted by Gasteiger charge is -2.40. The Balaban J connectivity index is 1.50. The van der Waals surface area contributed by atoms with E-state index in [2.05, 4.69) is 15.2 Å². The van der Waals surface area contributed by atoms with Crippen molar-refractivity contribution in [2.24, 2.45) is 4.99 Å². The second-order valence-corrected chi connectivity index (χ2v) is 6.24. The number of hydrogen-bond acceptors (Lipinski definition) is 4. The number of nitrogens with one attached hydrogen (secondary N) is 1. The highest BCUT2D eigenvalue weighted by atomic mass is 16.3. The normalized spacial score (nSPS) is 21.0. The molecule has 0 bridgehead atoms. The van der Waals surface area contributed by atoms with Crippen molar-refractivity contribution in [1.82, 2.24) is 15.1 Å². The van der Waals surface area contributed by atoms with E-state index in [9.17, 15) is 9.90 Å². The molecule has 2 fully saturated rings. The van der Waals surface area contributed by atoms with E-state index in [4.69, 9.17) is 4.42 Å². The molecule has 126 valence electrons. The van der Waals surface area contributed by atoms with Gasteiger partial charge in [-0.2, -0.15) is 0 Å². The summed E-state index contributed by atoms with van der Waals surface area (Å²) in [5.41, 5.74) is -0.576. The molecule has 23 heavy (non-hydrogen) atoms. The zero-order chi connectivity index (χ0) is 16.3. The highest BCUT2D eigenvalue weighted by molar-refractivity contribution is 5.91. The van der Waals surface area contributed by atoms with Gasteiger partial charge in [-0.1, -0.05) is 0 Å². The van der Waals surface area contributed by atoms with Crippen molar-refractivity contribution in [3.8, 4) is 0 Å². The molecule has 1 amide bonds. The first kappa shape index (κ1) is 15.9. The van der Waals surface area contributed by atoms with Crippen LogP contribution >= 0.6 is 0 Å². The van der Waals surface area contributed by atoms with Gasteiger partial charge < -0.3 is 24.6 Å². The van der Waals surface area contributed by atoms with Crippen LogP contribution in [-0.2, 0) is 0 Å². The molecule has 1 saturated heterocycles. The highest BCUT2D eigenvalue weighted by Gasteiger charge is 2.35. The van der Waals surface area contributed by atoms with Crippen molar-refractivity contribution in [3.63, 3.8) is 0 Å². The SMILES string of the molecule is CN=C(NCC1(O)CCC1)N1CCN(C(=O)c2ccco2)CC1. The molecule has 1 aliphatic heterocycles. The Kier molecular flexibility index (Phi) is 4.56. The Morgan fingerprint density at radius 2 is 2.04 bits per heavy atom. The summed E-state index contributed by atoms with van der Waals surface area (Å²) in [7, 11) is 1.74. The fourth-order valence-electron chi connectivity index (χ4n) is 3.01. The molecule has 7 heteroatoms. The summed E-state index contributed by atoms with van der Waals surface area (Å²) in [4.78, 5) is 20.4. The van der Waals surface area contributed by atoms with Crippen LogP contribution < -0.4 is 5.32 Å². The van der Waals surface area contributed by atoms with Gasteiger partial charge in [0.25, 0.3) is 5.91 Å². The number of aliphatic hydroxyl groups is 1. The minimum atomic E-state index is -0.576. The number of piperazine rings is 1. The minimum absolute atomic E-state index is 0.0682. The maximum Gasteiger partial charge on any atom is 0.289 e. The van der Waals surface area contributed by atoms with E-state index in [-0.39, 0.29) is 5.91 Å². The van der Waals surface area contributed by atoms with E-state index in [1.165, 1.54) is 6.26 Å². The topological polar surface area (TPSA) is 81.3 Å². The van der Waals surface area contributed by atoms with E-state index >= 15 is 0 Å². The minimum Gasteiger partial charge on any atom is -0.459 e. The van der Waals surface area contributed by atoms with E-state index in [1.54, 1.807) is 24.1 Å². The molecule has 2 aliphatic rings. The molecular weight excluding hydrogens is 296 g/mol. The van der Waals surface area contributed by atoms with Gasteiger partial charge >= 0.3 is 0 Å². The van der Waals surface area contributed by atoms with Crippen LogP contribution in [0, 0.1) is 0 Å². The average Bonchev–Trinajstić information content (AvgIpc) is 3.08. The molecule has 2 N–H and O–H groups in total. The van der Waals surface area contributed by atoms with E-state index < -0.39 is 5.60 Å². The standard InChI is InChI=1S/C16H24N4O3/c1-17-15(18-12-16(22)5-3-6-16)20-9-7-19(8-10-20)14(21)13-4-2-11-23-13/h2,4,11,22H,3,5-10,12H2,1H3,(H,17,18).